The van der Waals surface area contributed by atoms with Crippen LogP contribution in [0, 0.1) is 6.92 Å². The van der Waals surface area contributed by atoms with Crippen LogP contribution >= 0.6 is 23.1 Å². The molecule has 0 bridgehead atoms. The Labute approximate surface area is 146 Å². The monoisotopic (exact) mass is 345 g/mol. The van der Waals surface area contributed by atoms with Crippen LogP contribution in [0.3, 0.4) is 0 Å². The van der Waals surface area contributed by atoms with E-state index in [1.165, 1.54) is 21.6 Å². The molecule has 1 atom stereocenters. The summed E-state index contributed by atoms with van der Waals surface area (Å²) < 4.78 is 0. The number of rotatable bonds is 5. The van der Waals surface area contributed by atoms with E-state index in [1.807, 2.05) is 11.3 Å². The second kappa shape index (κ2) is 7.54. The molecule has 122 valence electrons. The van der Waals surface area contributed by atoms with E-state index < -0.39 is 0 Å². The van der Waals surface area contributed by atoms with Gasteiger partial charge in [0.2, 0.25) is 5.91 Å². The maximum Gasteiger partial charge on any atom is 0.233 e. The molecule has 23 heavy (non-hydrogen) atoms. The SMILES string of the molecule is CCC1c2ccsc2CCN1C(=O)CSCc1ccccc1C. The van der Waals surface area contributed by atoms with Gasteiger partial charge in [-0.2, -0.15) is 0 Å². The van der Waals surface area contributed by atoms with Gasteiger partial charge in [0, 0.05) is 17.2 Å². The Bertz CT molecular complexity index is 680. The number of aryl methyl sites for hydroxylation is 1. The maximum absolute atomic E-state index is 12.7. The molecule has 2 nitrogen and oxygen atoms in total. The lowest BCUT2D eigenvalue weighted by atomic mass is 9.98. The minimum absolute atomic E-state index is 0.275. The number of thioether (sulfide) groups is 1. The maximum atomic E-state index is 12.7. The zero-order valence-electron chi connectivity index (χ0n) is 13.7. The van der Waals surface area contributed by atoms with E-state index in [0.29, 0.717) is 5.75 Å². The van der Waals surface area contributed by atoms with E-state index in [1.54, 1.807) is 11.8 Å². The first kappa shape index (κ1) is 16.6. The van der Waals surface area contributed by atoms with Crippen molar-refractivity contribution in [2.45, 2.75) is 38.5 Å². The van der Waals surface area contributed by atoms with Crippen LogP contribution in [-0.2, 0) is 17.0 Å². The molecule has 2 heterocycles. The van der Waals surface area contributed by atoms with Crippen LogP contribution in [0.2, 0.25) is 0 Å². The first-order valence-corrected chi connectivity index (χ1v) is 10.2. The van der Waals surface area contributed by atoms with E-state index in [-0.39, 0.29) is 11.9 Å². The molecule has 0 spiro atoms. The molecule has 1 amide bonds. The number of carbonyl (C=O) groups is 1. The van der Waals surface area contributed by atoms with Gasteiger partial charge >= 0.3 is 0 Å². The van der Waals surface area contributed by atoms with Gasteiger partial charge in [-0.3, -0.25) is 4.79 Å². The van der Waals surface area contributed by atoms with E-state index in [0.717, 1.165) is 25.1 Å². The molecule has 1 unspecified atom stereocenters. The van der Waals surface area contributed by atoms with Crippen molar-refractivity contribution in [1.82, 2.24) is 4.90 Å². The number of hydrogen-bond acceptors (Lipinski definition) is 3. The van der Waals surface area contributed by atoms with Gasteiger partial charge in [0.25, 0.3) is 0 Å². The Morgan fingerprint density at radius 2 is 2.17 bits per heavy atom. The van der Waals surface area contributed by atoms with Gasteiger partial charge in [0.1, 0.15) is 0 Å². The summed E-state index contributed by atoms with van der Waals surface area (Å²) in [5, 5.41) is 2.16. The molecule has 0 aliphatic carbocycles. The summed E-state index contributed by atoms with van der Waals surface area (Å²) in [7, 11) is 0. The Morgan fingerprint density at radius 3 is 2.96 bits per heavy atom. The van der Waals surface area contributed by atoms with Gasteiger partial charge < -0.3 is 4.90 Å². The van der Waals surface area contributed by atoms with E-state index in [9.17, 15) is 4.79 Å². The van der Waals surface area contributed by atoms with Crippen LogP contribution < -0.4 is 0 Å². The van der Waals surface area contributed by atoms with Crippen LogP contribution in [0.25, 0.3) is 0 Å². The Hall–Kier alpha value is -1.26. The van der Waals surface area contributed by atoms with Crippen molar-refractivity contribution in [3.8, 4) is 0 Å². The average Bonchev–Trinajstić information content (AvgIpc) is 3.04. The van der Waals surface area contributed by atoms with Gasteiger partial charge in [-0.25, -0.2) is 0 Å². The number of fused-ring (bicyclic) bond motifs is 1. The number of hydrogen-bond donors (Lipinski definition) is 0. The summed E-state index contributed by atoms with van der Waals surface area (Å²) in [6, 6.07) is 10.9. The molecule has 1 aromatic carbocycles. The molecule has 1 aliphatic rings. The van der Waals surface area contributed by atoms with Crippen molar-refractivity contribution < 1.29 is 4.79 Å². The molecule has 0 fully saturated rings. The number of amides is 1. The van der Waals surface area contributed by atoms with E-state index >= 15 is 0 Å². The highest BCUT2D eigenvalue weighted by molar-refractivity contribution is 7.99. The highest BCUT2D eigenvalue weighted by Gasteiger charge is 2.29. The third-order valence-corrected chi connectivity index (χ3v) is 6.51. The highest BCUT2D eigenvalue weighted by atomic mass is 32.2. The van der Waals surface area contributed by atoms with E-state index in [2.05, 4.69) is 54.5 Å². The molecule has 4 heteroatoms. The number of thiophene rings is 1. The molecule has 3 rings (SSSR count). The molecule has 0 radical (unpaired) electrons. The molecule has 2 aromatic rings. The third-order valence-electron chi connectivity index (χ3n) is 4.55. The lowest BCUT2D eigenvalue weighted by molar-refractivity contribution is -0.131. The predicted molar refractivity (Wildman–Crippen MR) is 100 cm³/mol. The summed E-state index contributed by atoms with van der Waals surface area (Å²) >= 11 is 3.56. The van der Waals surface area contributed by atoms with Crippen LogP contribution in [0.5, 0.6) is 0 Å². The molecular formula is C19H23NOS2. The van der Waals surface area contributed by atoms with Crippen molar-refractivity contribution in [2.24, 2.45) is 0 Å². The molecular weight excluding hydrogens is 322 g/mol. The lowest BCUT2D eigenvalue weighted by Crippen LogP contribution is -2.40. The number of benzene rings is 1. The predicted octanol–water partition coefficient (Wildman–Crippen LogP) is 4.83. The first-order valence-electron chi connectivity index (χ1n) is 8.18. The molecule has 1 aliphatic heterocycles. The zero-order valence-corrected chi connectivity index (χ0v) is 15.4. The quantitative estimate of drug-likeness (QED) is 0.774. The standard InChI is InChI=1S/C19H23NOS2/c1-3-17-16-9-11-23-18(16)8-10-20(17)19(21)13-22-12-15-7-5-4-6-14(15)2/h4-7,9,11,17H,3,8,10,12-13H2,1-2H3. The summed E-state index contributed by atoms with van der Waals surface area (Å²) in [5.74, 6) is 1.77. The number of carbonyl (C=O) groups excluding carboxylic acids is 1. The Morgan fingerprint density at radius 1 is 1.35 bits per heavy atom. The largest absolute Gasteiger partial charge is 0.335 e. The summed E-state index contributed by atoms with van der Waals surface area (Å²) in [6.45, 7) is 5.18. The van der Waals surface area contributed by atoms with Crippen molar-refractivity contribution in [3.63, 3.8) is 0 Å². The molecule has 1 aromatic heterocycles. The minimum atomic E-state index is 0.275. The summed E-state index contributed by atoms with van der Waals surface area (Å²) in [6.07, 6.45) is 2.01. The topological polar surface area (TPSA) is 20.3 Å². The van der Waals surface area contributed by atoms with Crippen LogP contribution in [0.4, 0.5) is 0 Å². The summed E-state index contributed by atoms with van der Waals surface area (Å²) in [5.41, 5.74) is 4.01. The van der Waals surface area contributed by atoms with Crippen molar-refractivity contribution in [1.29, 1.82) is 0 Å². The normalized spacial score (nSPS) is 17.1. The van der Waals surface area contributed by atoms with Gasteiger partial charge in [0.15, 0.2) is 0 Å². The van der Waals surface area contributed by atoms with Crippen LogP contribution in [0.15, 0.2) is 35.7 Å². The van der Waals surface area contributed by atoms with Gasteiger partial charge in [-0.05, 0) is 47.9 Å². The fourth-order valence-electron chi connectivity index (χ4n) is 3.24. The fraction of sp³-hybridized carbons (Fsp3) is 0.421. The van der Waals surface area contributed by atoms with Crippen molar-refractivity contribution in [2.75, 3.05) is 12.3 Å². The smallest absolute Gasteiger partial charge is 0.233 e. The van der Waals surface area contributed by atoms with Gasteiger partial charge in [0.05, 0.1) is 11.8 Å². The highest BCUT2D eigenvalue weighted by Crippen LogP contribution is 2.35. The van der Waals surface area contributed by atoms with Crippen LogP contribution in [-0.4, -0.2) is 23.1 Å². The zero-order chi connectivity index (χ0) is 16.2. The fourth-order valence-corrected chi connectivity index (χ4v) is 5.15. The second-order valence-electron chi connectivity index (χ2n) is 5.98. The lowest BCUT2D eigenvalue weighted by Gasteiger charge is -2.35. The van der Waals surface area contributed by atoms with Crippen molar-refractivity contribution in [3.05, 3.63) is 57.3 Å². The third kappa shape index (κ3) is 3.64. The van der Waals surface area contributed by atoms with Gasteiger partial charge in [-0.1, -0.05) is 31.2 Å². The molecule has 0 saturated carbocycles. The molecule has 0 N–H and O–H groups in total. The van der Waals surface area contributed by atoms with Crippen molar-refractivity contribution >= 4 is 29.0 Å². The molecule has 0 saturated heterocycles. The van der Waals surface area contributed by atoms with Crippen LogP contribution in [0.1, 0.15) is 41.0 Å². The van der Waals surface area contributed by atoms with Gasteiger partial charge in [-0.15, -0.1) is 23.1 Å². The second-order valence-corrected chi connectivity index (χ2v) is 7.97. The van der Waals surface area contributed by atoms with E-state index in [4.69, 9.17) is 0 Å². The summed E-state index contributed by atoms with van der Waals surface area (Å²) in [4.78, 5) is 16.2. The Balaban J connectivity index is 1.59. The number of nitrogens with zero attached hydrogens (tertiary/aromatic N) is 1. The minimum Gasteiger partial charge on any atom is -0.335 e. The first-order chi connectivity index (χ1) is 11.2. The Kier molecular flexibility index (Phi) is 5.44. The average molecular weight is 346 g/mol.